The fourth-order valence-corrected chi connectivity index (χ4v) is 4.21. The van der Waals surface area contributed by atoms with Gasteiger partial charge in [0, 0.05) is 18.3 Å². The van der Waals surface area contributed by atoms with Crippen molar-refractivity contribution in [1.82, 2.24) is 15.3 Å². The van der Waals surface area contributed by atoms with Crippen molar-refractivity contribution in [3.05, 3.63) is 42.1 Å². The van der Waals surface area contributed by atoms with E-state index in [1.54, 1.807) is 0 Å². The van der Waals surface area contributed by atoms with E-state index in [0.29, 0.717) is 43.2 Å². The predicted molar refractivity (Wildman–Crippen MR) is 134 cm³/mol. The number of aromatic nitrogens is 2. The molecule has 1 saturated carbocycles. The number of carbonyl (C=O) groups is 1. The minimum Gasteiger partial charge on any atom is -0.492 e. The van der Waals surface area contributed by atoms with Crippen LogP contribution >= 0.6 is 0 Å². The maximum absolute atomic E-state index is 12.9. The summed E-state index contributed by atoms with van der Waals surface area (Å²) in [4.78, 5) is 22.1. The third-order valence-corrected chi connectivity index (χ3v) is 5.89. The average Bonchev–Trinajstić information content (AvgIpc) is 2.81. The van der Waals surface area contributed by atoms with Gasteiger partial charge in [0.05, 0.1) is 6.54 Å². The first-order valence-corrected chi connectivity index (χ1v) is 12.3. The lowest BCUT2D eigenvalue weighted by Crippen LogP contribution is -2.42. The van der Waals surface area contributed by atoms with Gasteiger partial charge in [-0.3, -0.25) is 4.79 Å². The van der Waals surface area contributed by atoms with Gasteiger partial charge in [0.15, 0.2) is 0 Å². The van der Waals surface area contributed by atoms with Crippen molar-refractivity contribution >= 4 is 17.7 Å². The van der Waals surface area contributed by atoms with Gasteiger partial charge in [-0.2, -0.15) is 4.98 Å². The molecule has 0 radical (unpaired) electrons. The molecule has 1 fully saturated rings. The molecule has 33 heavy (non-hydrogen) atoms. The number of nitrogens with one attached hydrogen (secondary N) is 3. The highest BCUT2D eigenvalue weighted by Gasteiger charge is 2.21. The number of hydrogen-bond donors (Lipinski definition) is 3. The molecule has 0 saturated heterocycles. The molecule has 7 nitrogen and oxygen atoms in total. The van der Waals surface area contributed by atoms with Crippen LogP contribution in [0, 0.1) is 18.8 Å². The van der Waals surface area contributed by atoms with Gasteiger partial charge in [0.25, 0.3) is 0 Å². The molecule has 1 aliphatic rings. The number of nitrogens with zero attached hydrogens (tertiary/aromatic N) is 2. The minimum atomic E-state index is -0.373. The average molecular weight is 454 g/mol. The highest BCUT2D eigenvalue weighted by atomic mass is 16.5. The lowest BCUT2D eigenvalue weighted by Gasteiger charge is -2.23. The molecule has 7 heteroatoms. The van der Waals surface area contributed by atoms with Gasteiger partial charge in [-0.25, -0.2) is 4.98 Å². The van der Waals surface area contributed by atoms with E-state index in [1.807, 2.05) is 43.3 Å². The summed E-state index contributed by atoms with van der Waals surface area (Å²) in [6.45, 7) is 7.95. The molecule has 3 N–H and O–H groups in total. The number of amides is 1. The smallest absolute Gasteiger partial charge is 0.242 e. The molecule has 1 amide bonds. The van der Waals surface area contributed by atoms with Crippen LogP contribution in [-0.4, -0.2) is 41.6 Å². The standard InChI is InChI=1S/C26H39N5O2/c1-19(2)16-23(25(32)27-14-15-33-22-12-8-5-9-13-22)30-24-17-20(3)29-26(31-24)28-18-21-10-6-4-7-11-21/h5,8-9,12-13,17,19,21,23H,4,6-7,10-11,14-16,18H2,1-3H3,(H,27,32)(H2,28,29,30,31)/t23-/m0/s1. The van der Waals surface area contributed by atoms with Crippen molar-refractivity contribution < 1.29 is 9.53 Å². The van der Waals surface area contributed by atoms with E-state index in [9.17, 15) is 4.79 Å². The second-order valence-electron chi connectivity index (χ2n) is 9.38. The van der Waals surface area contributed by atoms with Crippen molar-refractivity contribution in [2.45, 2.75) is 65.3 Å². The quantitative estimate of drug-likeness (QED) is 0.400. The highest BCUT2D eigenvalue weighted by molar-refractivity contribution is 5.84. The SMILES string of the molecule is Cc1cc(N[C@@H](CC(C)C)C(=O)NCCOc2ccccc2)nc(NCC2CCCCC2)n1. The van der Waals surface area contributed by atoms with Crippen LogP contribution in [0.5, 0.6) is 5.75 Å². The molecule has 0 spiro atoms. The van der Waals surface area contributed by atoms with E-state index in [1.165, 1.54) is 32.1 Å². The Balaban J connectivity index is 1.54. The molecule has 2 aromatic rings. The number of benzene rings is 1. The molecule has 1 aromatic carbocycles. The summed E-state index contributed by atoms with van der Waals surface area (Å²) in [5.74, 6) is 3.11. The number of rotatable bonds is 12. The normalized spacial score (nSPS) is 15.2. The zero-order chi connectivity index (χ0) is 23.5. The maximum atomic E-state index is 12.9. The number of ether oxygens (including phenoxy) is 1. The van der Waals surface area contributed by atoms with Crippen LogP contribution in [0.4, 0.5) is 11.8 Å². The number of hydrogen-bond acceptors (Lipinski definition) is 6. The van der Waals surface area contributed by atoms with Crippen molar-refractivity contribution in [2.75, 3.05) is 30.3 Å². The van der Waals surface area contributed by atoms with Crippen LogP contribution in [0.3, 0.4) is 0 Å². The summed E-state index contributed by atoms with van der Waals surface area (Å²) in [6, 6.07) is 11.1. The largest absolute Gasteiger partial charge is 0.492 e. The molecular formula is C26H39N5O2. The molecular weight excluding hydrogens is 414 g/mol. The van der Waals surface area contributed by atoms with Crippen LogP contribution in [0.1, 0.15) is 58.1 Å². The number of aryl methyl sites for hydroxylation is 1. The van der Waals surface area contributed by atoms with Crippen molar-refractivity contribution in [1.29, 1.82) is 0 Å². The third-order valence-electron chi connectivity index (χ3n) is 5.89. The summed E-state index contributed by atoms with van der Waals surface area (Å²) in [5, 5.41) is 9.75. The molecule has 0 unspecified atom stereocenters. The summed E-state index contributed by atoms with van der Waals surface area (Å²) < 4.78 is 5.68. The van der Waals surface area contributed by atoms with Gasteiger partial charge in [-0.1, -0.05) is 51.3 Å². The van der Waals surface area contributed by atoms with Gasteiger partial charge in [0.2, 0.25) is 11.9 Å². The summed E-state index contributed by atoms with van der Waals surface area (Å²) in [5.41, 5.74) is 0.874. The maximum Gasteiger partial charge on any atom is 0.242 e. The lowest BCUT2D eigenvalue weighted by molar-refractivity contribution is -0.122. The molecule has 1 aromatic heterocycles. The Morgan fingerprint density at radius 1 is 1.12 bits per heavy atom. The first-order chi connectivity index (χ1) is 16.0. The lowest BCUT2D eigenvalue weighted by atomic mass is 9.89. The van der Waals surface area contributed by atoms with E-state index >= 15 is 0 Å². The molecule has 1 aliphatic carbocycles. The predicted octanol–water partition coefficient (Wildman–Crippen LogP) is 4.80. The second-order valence-corrected chi connectivity index (χ2v) is 9.38. The molecule has 180 valence electrons. The number of anilines is 2. The first kappa shape index (κ1) is 24.8. The van der Waals surface area contributed by atoms with E-state index in [2.05, 4.69) is 39.8 Å². The fourth-order valence-electron chi connectivity index (χ4n) is 4.21. The van der Waals surface area contributed by atoms with Crippen molar-refractivity contribution in [3.63, 3.8) is 0 Å². The van der Waals surface area contributed by atoms with E-state index in [0.717, 1.165) is 18.0 Å². The number of para-hydroxylation sites is 1. The van der Waals surface area contributed by atoms with Crippen LogP contribution in [0.2, 0.25) is 0 Å². The number of carbonyl (C=O) groups excluding carboxylic acids is 1. The van der Waals surface area contributed by atoms with Crippen molar-refractivity contribution in [2.24, 2.45) is 11.8 Å². The Hall–Kier alpha value is -2.83. The Morgan fingerprint density at radius 2 is 1.88 bits per heavy atom. The Kier molecular flexibility index (Phi) is 9.78. The van der Waals surface area contributed by atoms with Gasteiger partial charge in [-0.05, 0) is 50.2 Å². The Labute approximate surface area is 198 Å². The fraction of sp³-hybridized carbons (Fsp3) is 0.577. The van der Waals surface area contributed by atoms with Crippen LogP contribution in [-0.2, 0) is 4.79 Å². The third kappa shape index (κ3) is 8.91. The second kappa shape index (κ2) is 13.0. The Morgan fingerprint density at radius 3 is 2.61 bits per heavy atom. The van der Waals surface area contributed by atoms with Gasteiger partial charge in [-0.15, -0.1) is 0 Å². The molecule has 1 atom stereocenters. The Bertz CT molecular complexity index is 853. The topological polar surface area (TPSA) is 88.2 Å². The van der Waals surface area contributed by atoms with Gasteiger partial charge in [0.1, 0.15) is 24.2 Å². The van der Waals surface area contributed by atoms with E-state index in [-0.39, 0.29) is 11.9 Å². The molecule has 1 heterocycles. The summed E-state index contributed by atoms with van der Waals surface area (Å²) in [6.07, 6.45) is 7.23. The van der Waals surface area contributed by atoms with E-state index < -0.39 is 0 Å². The minimum absolute atomic E-state index is 0.0478. The molecule has 3 rings (SSSR count). The first-order valence-electron chi connectivity index (χ1n) is 12.3. The van der Waals surface area contributed by atoms with Crippen LogP contribution in [0.15, 0.2) is 36.4 Å². The highest BCUT2D eigenvalue weighted by Crippen LogP contribution is 2.24. The van der Waals surface area contributed by atoms with Gasteiger partial charge >= 0.3 is 0 Å². The summed E-state index contributed by atoms with van der Waals surface area (Å²) >= 11 is 0. The zero-order valence-corrected chi connectivity index (χ0v) is 20.3. The molecule has 0 bridgehead atoms. The zero-order valence-electron chi connectivity index (χ0n) is 20.3. The molecule has 0 aliphatic heterocycles. The monoisotopic (exact) mass is 453 g/mol. The van der Waals surface area contributed by atoms with Crippen LogP contribution in [0.25, 0.3) is 0 Å². The van der Waals surface area contributed by atoms with Gasteiger partial charge < -0.3 is 20.7 Å². The van der Waals surface area contributed by atoms with E-state index in [4.69, 9.17) is 4.74 Å². The van der Waals surface area contributed by atoms with Crippen molar-refractivity contribution in [3.8, 4) is 5.75 Å². The van der Waals surface area contributed by atoms with Crippen LogP contribution < -0.4 is 20.7 Å². The summed E-state index contributed by atoms with van der Waals surface area (Å²) in [7, 11) is 0.